The molecule has 3 aromatic rings. The minimum atomic E-state index is -0.187. The molecule has 0 aliphatic carbocycles. The van der Waals surface area contributed by atoms with Crippen molar-refractivity contribution < 1.29 is 9.53 Å². The smallest absolute Gasteiger partial charge is 0.229 e. The van der Waals surface area contributed by atoms with Crippen molar-refractivity contribution in [2.75, 3.05) is 38.2 Å². The van der Waals surface area contributed by atoms with Gasteiger partial charge in [-0.25, -0.2) is 0 Å². The van der Waals surface area contributed by atoms with Gasteiger partial charge in [0.15, 0.2) is 0 Å². The molecule has 1 heterocycles. The second-order valence-electron chi connectivity index (χ2n) is 8.02. The molecule has 0 radical (unpaired) electrons. The topological polar surface area (TPSA) is 56.6 Å². The van der Waals surface area contributed by atoms with Gasteiger partial charge in [0.2, 0.25) is 5.91 Å². The van der Waals surface area contributed by atoms with Crippen LogP contribution in [0.4, 0.5) is 5.69 Å². The molecule has 3 aromatic carbocycles. The lowest BCUT2D eigenvalue weighted by Gasteiger charge is -2.26. The summed E-state index contributed by atoms with van der Waals surface area (Å²) in [6.45, 7) is 5.16. The summed E-state index contributed by atoms with van der Waals surface area (Å²) in [6, 6.07) is 22.0. The van der Waals surface area contributed by atoms with E-state index in [9.17, 15) is 4.79 Å². The number of anilines is 1. The second kappa shape index (κ2) is 9.09. The van der Waals surface area contributed by atoms with Crippen LogP contribution in [0.25, 0.3) is 10.8 Å². The first-order valence-electron chi connectivity index (χ1n) is 10.7. The van der Waals surface area contributed by atoms with Crippen molar-refractivity contribution in [2.45, 2.75) is 19.3 Å². The van der Waals surface area contributed by atoms with E-state index in [-0.39, 0.29) is 11.8 Å². The average Bonchev–Trinajstić information content (AvgIpc) is 3.09. The van der Waals surface area contributed by atoms with Crippen molar-refractivity contribution in [3.8, 4) is 11.8 Å². The van der Waals surface area contributed by atoms with E-state index in [0.717, 1.165) is 53.8 Å². The molecule has 1 saturated heterocycles. The lowest BCUT2D eigenvalue weighted by Crippen LogP contribution is -2.37. The van der Waals surface area contributed by atoms with Gasteiger partial charge in [0.05, 0.1) is 24.7 Å². The van der Waals surface area contributed by atoms with Gasteiger partial charge in [0.1, 0.15) is 5.75 Å². The standard InChI is InChI=1S/C26H27N3O2/c1-19(21-6-7-23-17-25(31-2)11-8-22(23)16-21)26(30)29-13-3-12-28(14-15-29)24-9-4-20(18-27)5-10-24/h4-11,16-17,19H,3,12-15H2,1-2H3/t19-/m0/s1. The van der Waals surface area contributed by atoms with Crippen LogP contribution < -0.4 is 9.64 Å². The van der Waals surface area contributed by atoms with Crippen molar-refractivity contribution in [3.63, 3.8) is 0 Å². The zero-order chi connectivity index (χ0) is 21.8. The lowest BCUT2D eigenvalue weighted by atomic mass is 9.96. The van der Waals surface area contributed by atoms with Crippen LogP contribution in [0.2, 0.25) is 0 Å². The van der Waals surface area contributed by atoms with Crippen LogP contribution in [0.5, 0.6) is 5.75 Å². The number of hydrogen-bond donors (Lipinski definition) is 0. The zero-order valence-corrected chi connectivity index (χ0v) is 18.0. The zero-order valence-electron chi connectivity index (χ0n) is 18.0. The second-order valence-corrected chi connectivity index (χ2v) is 8.02. The first-order chi connectivity index (χ1) is 15.1. The maximum atomic E-state index is 13.3. The van der Waals surface area contributed by atoms with Crippen LogP contribution in [0.3, 0.4) is 0 Å². The Bertz CT molecular complexity index is 1120. The average molecular weight is 414 g/mol. The highest BCUT2D eigenvalue weighted by molar-refractivity contribution is 5.88. The van der Waals surface area contributed by atoms with Gasteiger partial charge in [0.25, 0.3) is 0 Å². The molecule has 5 heteroatoms. The Balaban J connectivity index is 1.45. The predicted molar refractivity (Wildman–Crippen MR) is 123 cm³/mol. The molecule has 31 heavy (non-hydrogen) atoms. The van der Waals surface area contributed by atoms with E-state index in [1.165, 1.54) is 0 Å². The normalized spacial score (nSPS) is 15.3. The fraction of sp³-hybridized carbons (Fsp3) is 0.308. The highest BCUT2D eigenvalue weighted by Crippen LogP contribution is 2.27. The van der Waals surface area contributed by atoms with E-state index < -0.39 is 0 Å². The number of benzene rings is 3. The molecule has 1 aliphatic rings. The molecule has 1 atom stereocenters. The van der Waals surface area contributed by atoms with Crippen molar-refractivity contribution >= 4 is 22.4 Å². The maximum absolute atomic E-state index is 13.3. The molecule has 0 aromatic heterocycles. The van der Waals surface area contributed by atoms with Crippen molar-refractivity contribution in [1.29, 1.82) is 5.26 Å². The van der Waals surface area contributed by atoms with E-state index in [2.05, 4.69) is 23.1 Å². The molecule has 1 amide bonds. The van der Waals surface area contributed by atoms with Gasteiger partial charge < -0.3 is 14.5 Å². The maximum Gasteiger partial charge on any atom is 0.229 e. The summed E-state index contributed by atoms with van der Waals surface area (Å²) in [5, 5.41) is 11.2. The van der Waals surface area contributed by atoms with Crippen LogP contribution in [0.1, 0.15) is 30.4 Å². The van der Waals surface area contributed by atoms with E-state index in [1.807, 2.05) is 60.4 Å². The number of fused-ring (bicyclic) bond motifs is 1. The third-order valence-corrected chi connectivity index (χ3v) is 6.11. The SMILES string of the molecule is COc1ccc2cc([C@H](C)C(=O)N3CCCN(c4ccc(C#N)cc4)CC3)ccc2c1. The number of rotatable bonds is 4. The minimum Gasteiger partial charge on any atom is -0.497 e. The van der Waals surface area contributed by atoms with E-state index >= 15 is 0 Å². The van der Waals surface area contributed by atoms with Gasteiger partial charge in [-0.1, -0.05) is 24.3 Å². The van der Waals surface area contributed by atoms with Crippen LogP contribution >= 0.6 is 0 Å². The highest BCUT2D eigenvalue weighted by Gasteiger charge is 2.24. The number of carbonyl (C=O) groups is 1. The molecule has 0 unspecified atom stereocenters. The number of carbonyl (C=O) groups excluding carboxylic acids is 1. The van der Waals surface area contributed by atoms with Gasteiger partial charge in [-0.2, -0.15) is 5.26 Å². The molecule has 1 fully saturated rings. The Hall–Kier alpha value is -3.52. The van der Waals surface area contributed by atoms with Crippen LogP contribution in [-0.2, 0) is 4.79 Å². The first kappa shape index (κ1) is 20.7. The van der Waals surface area contributed by atoms with Crippen LogP contribution in [0, 0.1) is 11.3 Å². The molecule has 0 bridgehead atoms. The Kier molecular flexibility index (Phi) is 6.08. The summed E-state index contributed by atoms with van der Waals surface area (Å²) < 4.78 is 5.30. The molecule has 0 N–H and O–H groups in total. The van der Waals surface area contributed by atoms with Crippen molar-refractivity contribution in [3.05, 3.63) is 71.8 Å². The summed E-state index contributed by atoms with van der Waals surface area (Å²) in [7, 11) is 1.67. The fourth-order valence-corrected chi connectivity index (χ4v) is 4.20. The molecular weight excluding hydrogens is 386 g/mol. The summed E-state index contributed by atoms with van der Waals surface area (Å²) in [5.41, 5.74) is 2.81. The summed E-state index contributed by atoms with van der Waals surface area (Å²) in [6.07, 6.45) is 0.927. The number of nitriles is 1. The van der Waals surface area contributed by atoms with E-state index in [4.69, 9.17) is 10.00 Å². The van der Waals surface area contributed by atoms with Crippen LogP contribution in [-0.4, -0.2) is 44.1 Å². The largest absolute Gasteiger partial charge is 0.497 e. The monoisotopic (exact) mass is 413 g/mol. The molecule has 4 rings (SSSR count). The van der Waals surface area contributed by atoms with E-state index in [1.54, 1.807) is 7.11 Å². The highest BCUT2D eigenvalue weighted by atomic mass is 16.5. The van der Waals surface area contributed by atoms with Gasteiger partial charge in [-0.3, -0.25) is 4.79 Å². The Labute approximate surface area is 183 Å². The molecule has 1 aliphatic heterocycles. The Morgan fingerprint density at radius 1 is 0.968 bits per heavy atom. The van der Waals surface area contributed by atoms with E-state index in [0.29, 0.717) is 12.1 Å². The molecule has 0 spiro atoms. The molecular formula is C26H27N3O2. The number of methoxy groups -OCH3 is 1. The van der Waals surface area contributed by atoms with Crippen molar-refractivity contribution in [1.82, 2.24) is 4.90 Å². The molecule has 158 valence electrons. The van der Waals surface area contributed by atoms with Crippen molar-refractivity contribution in [2.24, 2.45) is 0 Å². The Morgan fingerprint density at radius 2 is 1.71 bits per heavy atom. The molecule has 5 nitrogen and oxygen atoms in total. The summed E-state index contributed by atoms with van der Waals surface area (Å²) in [4.78, 5) is 17.6. The summed E-state index contributed by atoms with van der Waals surface area (Å²) in [5.74, 6) is 0.822. The first-order valence-corrected chi connectivity index (χ1v) is 10.7. The number of hydrogen-bond acceptors (Lipinski definition) is 4. The molecule has 0 saturated carbocycles. The van der Waals surface area contributed by atoms with Gasteiger partial charge in [-0.15, -0.1) is 0 Å². The fourth-order valence-electron chi connectivity index (χ4n) is 4.20. The van der Waals surface area contributed by atoms with Gasteiger partial charge in [0, 0.05) is 31.9 Å². The number of ether oxygens (including phenoxy) is 1. The third kappa shape index (κ3) is 4.49. The van der Waals surface area contributed by atoms with Crippen LogP contribution in [0.15, 0.2) is 60.7 Å². The minimum absolute atomic E-state index is 0.176. The number of nitrogens with zero attached hydrogens (tertiary/aromatic N) is 3. The van der Waals surface area contributed by atoms with Gasteiger partial charge in [-0.05, 0) is 66.1 Å². The lowest BCUT2D eigenvalue weighted by molar-refractivity contribution is -0.132. The quantitative estimate of drug-likeness (QED) is 0.629. The summed E-state index contributed by atoms with van der Waals surface area (Å²) >= 11 is 0. The predicted octanol–water partition coefficient (Wildman–Crippen LogP) is 4.56. The Morgan fingerprint density at radius 3 is 2.45 bits per heavy atom. The van der Waals surface area contributed by atoms with Gasteiger partial charge >= 0.3 is 0 Å². The number of amides is 1. The third-order valence-electron chi connectivity index (χ3n) is 6.11.